The van der Waals surface area contributed by atoms with Gasteiger partial charge in [0.25, 0.3) is 0 Å². The van der Waals surface area contributed by atoms with Crippen molar-refractivity contribution in [2.75, 3.05) is 0 Å². The number of aromatic nitrogens is 1. The maximum absolute atomic E-state index is 12.8. The summed E-state index contributed by atoms with van der Waals surface area (Å²) in [6.07, 6.45) is -2.41. The Bertz CT molecular complexity index is 914. The molecule has 1 heterocycles. The molecule has 1 aromatic heterocycles. The number of para-hydroxylation sites is 1. The van der Waals surface area contributed by atoms with Crippen molar-refractivity contribution >= 4 is 22.7 Å². The maximum atomic E-state index is 12.8. The quantitative estimate of drug-likeness (QED) is 0.553. The molecule has 0 spiro atoms. The molecule has 3 aromatic rings. The monoisotopic (exact) mass is 337 g/mol. The largest absolute Gasteiger partial charge is 0.452 e. The van der Waals surface area contributed by atoms with Gasteiger partial charge in [-0.1, -0.05) is 48.5 Å². The SMILES string of the molecule is Cc1[nH]c2ccccc2c1C(=O)[C@H](C)OC(=O)[C@H](O)c1ccccc1. The number of fused-ring (bicyclic) bond motifs is 1. The lowest BCUT2D eigenvalue weighted by atomic mass is 10.0. The topological polar surface area (TPSA) is 79.4 Å². The lowest BCUT2D eigenvalue weighted by Crippen LogP contribution is -2.27. The molecule has 3 rings (SSSR count). The Hall–Kier alpha value is -2.92. The Morgan fingerprint density at radius 3 is 2.40 bits per heavy atom. The number of aryl methyl sites for hydroxylation is 1. The number of benzene rings is 2. The van der Waals surface area contributed by atoms with Crippen LogP contribution in [-0.4, -0.2) is 27.9 Å². The van der Waals surface area contributed by atoms with Crippen LogP contribution in [0, 0.1) is 6.92 Å². The molecule has 5 heteroatoms. The second kappa shape index (κ2) is 6.91. The summed E-state index contributed by atoms with van der Waals surface area (Å²) in [7, 11) is 0. The molecular formula is C20H19NO4. The van der Waals surface area contributed by atoms with Gasteiger partial charge in [-0.25, -0.2) is 4.79 Å². The number of hydrogen-bond donors (Lipinski definition) is 2. The molecule has 2 atom stereocenters. The first-order chi connectivity index (χ1) is 12.0. The van der Waals surface area contributed by atoms with E-state index in [9.17, 15) is 14.7 Å². The van der Waals surface area contributed by atoms with E-state index in [0.717, 1.165) is 16.6 Å². The summed E-state index contributed by atoms with van der Waals surface area (Å²) in [5.74, 6) is -1.15. The molecule has 0 unspecified atom stereocenters. The number of rotatable bonds is 5. The first kappa shape index (κ1) is 16.9. The van der Waals surface area contributed by atoms with E-state index in [0.29, 0.717) is 11.1 Å². The van der Waals surface area contributed by atoms with Gasteiger partial charge in [-0.15, -0.1) is 0 Å². The van der Waals surface area contributed by atoms with Gasteiger partial charge in [0.2, 0.25) is 5.78 Å². The normalized spacial score (nSPS) is 13.4. The van der Waals surface area contributed by atoms with Crippen LogP contribution < -0.4 is 0 Å². The molecule has 128 valence electrons. The van der Waals surface area contributed by atoms with Crippen molar-refractivity contribution in [1.82, 2.24) is 4.98 Å². The molecule has 0 fully saturated rings. The van der Waals surface area contributed by atoms with E-state index in [1.807, 2.05) is 24.3 Å². The first-order valence-corrected chi connectivity index (χ1v) is 8.04. The average molecular weight is 337 g/mol. The van der Waals surface area contributed by atoms with Gasteiger partial charge in [0.1, 0.15) is 0 Å². The van der Waals surface area contributed by atoms with Crippen LogP contribution in [0.5, 0.6) is 0 Å². The van der Waals surface area contributed by atoms with Crippen molar-refractivity contribution in [2.24, 2.45) is 0 Å². The zero-order valence-electron chi connectivity index (χ0n) is 14.0. The summed E-state index contributed by atoms with van der Waals surface area (Å²) in [6.45, 7) is 3.32. The maximum Gasteiger partial charge on any atom is 0.340 e. The molecule has 0 bridgehead atoms. The molecule has 0 saturated carbocycles. The van der Waals surface area contributed by atoms with Crippen LogP contribution in [0.2, 0.25) is 0 Å². The van der Waals surface area contributed by atoms with Gasteiger partial charge < -0.3 is 14.8 Å². The van der Waals surface area contributed by atoms with E-state index < -0.39 is 18.2 Å². The van der Waals surface area contributed by atoms with Crippen LogP contribution in [0.1, 0.15) is 34.6 Å². The van der Waals surface area contributed by atoms with Crippen molar-refractivity contribution in [3.63, 3.8) is 0 Å². The molecule has 25 heavy (non-hydrogen) atoms. The molecule has 5 nitrogen and oxygen atoms in total. The van der Waals surface area contributed by atoms with E-state index in [-0.39, 0.29) is 5.78 Å². The van der Waals surface area contributed by atoms with Crippen molar-refractivity contribution in [3.05, 3.63) is 71.4 Å². The third kappa shape index (κ3) is 3.32. The van der Waals surface area contributed by atoms with Crippen LogP contribution >= 0.6 is 0 Å². The highest BCUT2D eigenvalue weighted by Crippen LogP contribution is 2.24. The first-order valence-electron chi connectivity index (χ1n) is 8.04. The molecule has 0 aliphatic rings. The number of carbonyl (C=O) groups excluding carboxylic acids is 2. The molecule has 2 N–H and O–H groups in total. The highest BCUT2D eigenvalue weighted by molar-refractivity contribution is 6.11. The summed E-state index contributed by atoms with van der Waals surface area (Å²) < 4.78 is 5.20. The Kier molecular flexibility index (Phi) is 4.67. The fraction of sp³-hybridized carbons (Fsp3) is 0.200. The number of aliphatic hydroxyl groups excluding tert-OH is 1. The van der Waals surface area contributed by atoms with E-state index in [4.69, 9.17) is 4.74 Å². The zero-order valence-corrected chi connectivity index (χ0v) is 14.0. The van der Waals surface area contributed by atoms with Gasteiger partial charge in [-0.3, -0.25) is 4.79 Å². The number of esters is 1. The summed E-state index contributed by atoms with van der Waals surface area (Å²) in [6, 6.07) is 15.9. The minimum atomic E-state index is -1.42. The van der Waals surface area contributed by atoms with Crippen molar-refractivity contribution < 1.29 is 19.4 Å². The lowest BCUT2D eigenvalue weighted by Gasteiger charge is -2.16. The minimum absolute atomic E-state index is 0.302. The highest BCUT2D eigenvalue weighted by Gasteiger charge is 2.27. The number of ether oxygens (including phenoxy) is 1. The average Bonchev–Trinajstić information content (AvgIpc) is 2.96. The number of ketones is 1. The number of aliphatic hydroxyl groups is 1. The fourth-order valence-corrected chi connectivity index (χ4v) is 2.86. The Morgan fingerprint density at radius 2 is 1.68 bits per heavy atom. The number of Topliss-reactive ketones (excluding diaryl/α,β-unsaturated/α-hetero) is 1. The van der Waals surface area contributed by atoms with E-state index in [2.05, 4.69) is 4.98 Å². The number of hydrogen-bond acceptors (Lipinski definition) is 4. The third-order valence-corrected chi connectivity index (χ3v) is 4.14. The summed E-state index contributed by atoms with van der Waals surface area (Å²) >= 11 is 0. The Labute approximate surface area is 145 Å². The van der Waals surface area contributed by atoms with Crippen molar-refractivity contribution in [1.29, 1.82) is 0 Å². The lowest BCUT2D eigenvalue weighted by molar-refractivity contribution is -0.156. The van der Waals surface area contributed by atoms with Crippen LogP contribution in [0.15, 0.2) is 54.6 Å². The highest BCUT2D eigenvalue weighted by atomic mass is 16.6. The van der Waals surface area contributed by atoms with Gasteiger partial charge in [0.05, 0.1) is 0 Å². The molecular weight excluding hydrogens is 318 g/mol. The minimum Gasteiger partial charge on any atom is -0.452 e. The predicted molar refractivity (Wildman–Crippen MR) is 94.3 cm³/mol. The van der Waals surface area contributed by atoms with Crippen molar-refractivity contribution in [2.45, 2.75) is 26.1 Å². The predicted octanol–water partition coefficient (Wildman–Crippen LogP) is 3.32. The third-order valence-electron chi connectivity index (χ3n) is 4.14. The van der Waals surface area contributed by atoms with Crippen LogP contribution in [-0.2, 0) is 9.53 Å². The van der Waals surface area contributed by atoms with Gasteiger partial charge >= 0.3 is 5.97 Å². The summed E-state index contributed by atoms with van der Waals surface area (Å²) in [4.78, 5) is 28.1. The molecule has 0 aliphatic carbocycles. The smallest absolute Gasteiger partial charge is 0.340 e. The van der Waals surface area contributed by atoms with Gasteiger partial charge in [0, 0.05) is 22.2 Å². The van der Waals surface area contributed by atoms with Gasteiger partial charge in [-0.05, 0) is 25.5 Å². The standard InChI is InChI=1S/C20H19NO4/c1-12-17(15-10-6-7-11-16(15)21-12)18(22)13(2)25-20(24)19(23)14-8-4-3-5-9-14/h3-11,13,19,21,23H,1-2H3/t13-,19+/m0/s1. The van der Waals surface area contributed by atoms with Gasteiger partial charge in [-0.2, -0.15) is 0 Å². The Morgan fingerprint density at radius 1 is 1.04 bits per heavy atom. The van der Waals surface area contributed by atoms with E-state index >= 15 is 0 Å². The van der Waals surface area contributed by atoms with Crippen molar-refractivity contribution in [3.8, 4) is 0 Å². The molecule has 0 aliphatic heterocycles. The molecule has 0 saturated heterocycles. The number of aromatic amines is 1. The number of nitrogens with one attached hydrogen (secondary N) is 1. The zero-order chi connectivity index (χ0) is 18.0. The second-order valence-corrected chi connectivity index (χ2v) is 5.93. The van der Waals surface area contributed by atoms with Crippen LogP contribution in [0.3, 0.4) is 0 Å². The van der Waals surface area contributed by atoms with E-state index in [1.165, 1.54) is 6.92 Å². The van der Waals surface area contributed by atoms with E-state index in [1.54, 1.807) is 37.3 Å². The number of H-pyrrole nitrogens is 1. The molecule has 0 amide bonds. The summed E-state index contributed by atoms with van der Waals surface area (Å²) in [5, 5.41) is 10.9. The number of carbonyl (C=O) groups is 2. The van der Waals surface area contributed by atoms with Crippen LogP contribution in [0.25, 0.3) is 10.9 Å². The van der Waals surface area contributed by atoms with Crippen LogP contribution in [0.4, 0.5) is 0 Å². The second-order valence-electron chi connectivity index (χ2n) is 5.93. The summed E-state index contributed by atoms with van der Waals surface area (Å²) in [5.41, 5.74) is 2.50. The van der Waals surface area contributed by atoms with Gasteiger partial charge in [0.15, 0.2) is 12.2 Å². The fourth-order valence-electron chi connectivity index (χ4n) is 2.86. The molecule has 0 radical (unpaired) electrons. The molecule has 2 aromatic carbocycles. The Balaban J connectivity index is 1.78.